The first-order valence-corrected chi connectivity index (χ1v) is 14.2. The fourth-order valence-electron chi connectivity index (χ4n) is 4.65. The van der Waals surface area contributed by atoms with Crippen molar-refractivity contribution >= 4 is 21.6 Å². The number of hydrogen-bond acceptors (Lipinski definition) is 8. The topological polar surface area (TPSA) is 118 Å². The summed E-state index contributed by atoms with van der Waals surface area (Å²) >= 11 is 0. The van der Waals surface area contributed by atoms with E-state index < -0.39 is 10.0 Å². The minimum Gasteiger partial charge on any atom is -0.488 e. The number of carbonyl (C=O) groups excluding carboxylic acids is 1. The number of ether oxygens (including phenoxy) is 3. The summed E-state index contributed by atoms with van der Waals surface area (Å²) < 4.78 is 43.4. The summed E-state index contributed by atoms with van der Waals surface area (Å²) in [5.74, 6) is 1.82. The molecule has 0 aromatic heterocycles. The molecule has 10 nitrogen and oxygen atoms in total. The number of hydrogen-bond donors (Lipinski definition) is 2. The van der Waals surface area contributed by atoms with Gasteiger partial charge in [0.05, 0.1) is 25.3 Å². The summed E-state index contributed by atoms with van der Waals surface area (Å²) in [5.41, 5.74) is 2.03. The third kappa shape index (κ3) is 6.85. The van der Waals surface area contributed by atoms with Crippen LogP contribution in [0.25, 0.3) is 0 Å². The Morgan fingerprint density at radius 3 is 2.62 bits per heavy atom. The predicted molar refractivity (Wildman–Crippen MR) is 139 cm³/mol. The summed E-state index contributed by atoms with van der Waals surface area (Å²) in [7, 11) is -1.47. The maximum Gasteiger partial charge on any atom is 0.231 e. The summed E-state index contributed by atoms with van der Waals surface area (Å²) in [6, 6.07) is 10.5. The van der Waals surface area contributed by atoms with Crippen LogP contribution in [0.4, 0.5) is 5.69 Å². The summed E-state index contributed by atoms with van der Waals surface area (Å²) in [5, 5.41) is 9.80. The van der Waals surface area contributed by atoms with E-state index in [2.05, 4.69) is 9.62 Å². The van der Waals surface area contributed by atoms with Gasteiger partial charge in [0, 0.05) is 36.8 Å². The van der Waals surface area contributed by atoms with E-state index in [9.17, 15) is 18.3 Å². The van der Waals surface area contributed by atoms with E-state index in [1.165, 1.54) is 0 Å². The van der Waals surface area contributed by atoms with Crippen LogP contribution in [0.15, 0.2) is 36.4 Å². The van der Waals surface area contributed by atoms with Crippen molar-refractivity contribution in [1.29, 1.82) is 0 Å². The van der Waals surface area contributed by atoms with Crippen LogP contribution < -0.4 is 18.9 Å². The fraction of sp³-hybridized carbons (Fsp3) is 0.500. The number of nitrogens with one attached hydrogen (secondary N) is 1. The highest BCUT2D eigenvalue weighted by molar-refractivity contribution is 7.92. The van der Waals surface area contributed by atoms with Crippen molar-refractivity contribution in [1.82, 2.24) is 9.80 Å². The van der Waals surface area contributed by atoms with Gasteiger partial charge in [-0.1, -0.05) is 13.0 Å². The zero-order valence-corrected chi connectivity index (χ0v) is 22.5. The maximum atomic E-state index is 13.3. The quantitative estimate of drug-likeness (QED) is 0.530. The molecule has 11 heteroatoms. The Morgan fingerprint density at radius 1 is 1.16 bits per heavy atom. The molecule has 2 heterocycles. The number of nitrogens with zero attached hydrogens (tertiary/aromatic N) is 2. The molecule has 0 saturated heterocycles. The van der Waals surface area contributed by atoms with Crippen molar-refractivity contribution in [3.05, 3.63) is 47.5 Å². The van der Waals surface area contributed by atoms with Crippen LogP contribution in [0, 0.1) is 5.92 Å². The van der Waals surface area contributed by atoms with Gasteiger partial charge >= 0.3 is 0 Å². The summed E-state index contributed by atoms with van der Waals surface area (Å²) in [4.78, 5) is 17.1. The van der Waals surface area contributed by atoms with E-state index in [4.69, 9.17) is 14.2 Å². The molecule has 0 radical (unpaired) electrons. The standard InChI is InChI=1S/C26H35N3O7S/c1-17-12-29(18(2)15-30)26(31)11-20-10-21(27-37(4,32)33)6-8-22(20)36-25(17)14-28(3)13-19-5-7-23-24(9-19)35-16-34-23/h5-10,17-18,25,27,30H,11-16H2,1-4H3/t17-,18-,25+/m0/s1. The molecule has 2 aromatic rings. The molecule has 0 spiro atoms. The molecule has 0 fully saturated rings. The molecule has 1 amide bonds. The zero-order valence-electron chi connectivity index (χ0n) is 21.6. The van der Waals surface area contributed by atoms with Crippen LogP contribution in [-0.2, 0) is 27.8 Å². The second kappa shape index (κ2) is 11.2. The first-order valence-electron chi connectivity index (χ1n) is 12.3. The zero-order chi connectivity index (χ0) is 26.7. The van der Waals surface area contributed by atoms with Crippen molar-refractivity contribution in [2.75, 3.05) is 44.5 Å². The second-order valence-electron chi connectivity index (χ2n) is 9.97. The molecule has 2 aliphatic rings. The van der Waals surface area contributed by atoms with Gasteiger partial charge in [-0.2, -0.15) is 0 Å². The van der Waals surface area contributed by atoms with Crippen LogP contribution in [0.2, 0.25) is 0 Å². The van der Waals surface area contributed by atoms with Gasteiger partial charge in [-0.15, -0.1) is 0 Å². The third-order valence-corrected chi connectivity index (χ3v) is 7.21. The predicted octanol–water partition coefficient (Wildman–Crippen LogP) is 2.07. The molecule has 0 saturated carbocycles. The summed E-state index contributed by atoms with van der Waals surface area (Å²) in [6.07, 6.45) is 0.839. The molecule has 202 valence electrons. The third-order valence-electron chi connectivity index (χ3n) is 6.60. The Hall–Kier alpha value is -3.02. The molecule has 37 heavy (non-hydrogen) atoms. The van der Waals surface area contributed by atoms with Gasteiger partial charge in [0.15, 0.2) is 11.5 Å². The molecular weight excluding hydrogens is 498 g/mol. The Kier molecular flexibility index (Phi) is 8.15. The number of amides is 1. The lowest BCUT2D eigenvalue weighted by Crippen LogP contribution is -2.47. The van der Waals surface area contributed by atoms with Crippen LogP contribution in [0.1, 0.15) is 25.0 Å². The Morgan fingerprint density at radius 2 is 1.89 bits per heavy atom. The number of likely N-dealkylation sites (N-methyl/N-ethyl adjacent to an activating group) is 1. The molecule has 3 atom stereocenters. The minimum absolute atomic E-state index is 0.0332. The average Bonchev–Trinajstić information content (AvgIpc) is 3.30. The number of aliphatic hydroxyl groups excluding tert-OH is 1. The van der Waals surface area contributed by atoms with Crippen LogP contribution >= 0.6 is 0 Å². The monoisotopic (exact) mass is 533 g/mol. The van der Waals surface area contributed by atoms with Crippen LogP contribution in [-0.4, -0.2) is 81.2 Å². The van der Waals surface area contributed by atoms with Gasteiger partial charge < -0.3 is 24.2 Å². The van der Waals surface area contributed by atoms with E-state index in [-0.39, 0.29) is 43.8 Å². The van der Waals surface area contributed by atoms with Gasteiger partial charge in [0.1, 0.15) is 11.9 Å². The fourth-order valence-corrected chi connectivity index (χ4v) is 5.20. The summed E-state index contributed by atoms with van der Waals surface area (Å²) in [6.45, 7) is 5.57. The van der Waals surface area contributed by atoms with Gasteiger partial charge in [-0.05, 0) is 49.9 Å². The minimum atomic E-state index is -3.48. The van der Waals surface area contributed by atoms with Gasteiger partial charge in [-0.25, -0.2) is 8.42 Å². The maximum absolute atomic E-state index is 13.3. The number of carbonyl (C=O) groups is 1. The SMILES string of the molecule is C[C@H]1CN([C@@H](C)CO)C(=O)Cc2cc(NS(C)(=O)=O)ccc2O[C@@H]1CN(C)Cc1ccc2c(c1)OCO2. The number of fused-ring (bicyclic) bond motifs is 2. The highest BCUT2D eigenvalue weighted by Gasteiger charge is 2.31. The van der Waals surface area contributed by atoms with Gasteiger partial charge in [0.25, 0.3) is 0 Å². The molecule has 0 aliphatic carbocycles. The lowest BCUT2D eigenvalue weighted by Gasteiger charge is -2.34. The van der Waals surface area contributed by atoms with Crippen molar-refractivity contribution < 1.29 is 32.5 Å². The molecule has 4 rings (SSSR count). The molecule has 0 unspecified atom stereocenters. The Bertz CT molecular complexity index is 1240. The highest BCUT2D eigenvalue weighted by Crippen LogP contribution is 2.33. The van der Waals surface area contributed by atoms with E-state index in [1.54, 1.807) is 23.1 Å². The lowest BCUT2D eigenvalue weighted by molar-refractivity contribution is -0.134. The van der Waals surface area contributed by atoms with Crippen LogP contribution in [0.5, 0.6) is 17.2 Å². The normalized spacial score (nSPS) is 20.5. The van der Waals surface area contributed by atoms with Crippen LogP contribution in [0.3, 0.4) is 0 Å². The highest BCUT2D eigenvalue weighted by atomic mass is 32.2. The first kappa shape index (κ1) is 27.0. The molecule has 2 aliphatic heterocycles. The number of aliphatic hydroxyl groups is 1. The van der Waals surface area contributed by atoms with E-state index >= 15 is 0 Å². The number of benzene rings is 2. The van der Waals surface area contributed by atoms with Crippen molar-refractivity contribution in [3.63, 3.8) is 0 Å². The first-order chi connectivity index (χ1) is 17.5. The lowest BCUT2D eigenvalue weighted by atomic mass is 10.0. The number of anilines is 1. The smallest absolute Gasteiger partial charge is 0.231 e. The van der Waals surface area contributed by atoms with E-state index in [1.807, 2.05) is 39.1 Å². The Labute approximate surface area is 218 Å². The van der Waals surface area contributed by atoms with Crippen molar-refractivity contribution in [2.45, 2.75) is 39.0 Å². The van der Waals surface area contributed by atoms with Gasteiger partial charge in [-0.3, -0.25) is 14.4 Å². The number of rotatable bonds is 8. The van der Waals surface area contributed by atoms with E-state index in [0.717, 1.165) is 23.3 Å². The van der Waals surface area contributed by atoms with E-state index in [0.29, 0.717) is 36.6 Å². The largest absolute Gasteiger partial charge is 0.488 e. The molecule has 0 bridgehead atoms. The van der Waals surface area contributed by atoms with Crippen molar-refractivity contribution in [2.24, 2.45) is 5.92 Å². The Balaban J connectivity index is 1.59. The second-order valence-corrected chi connectivity index (χ2v) is 11.7. The van der Waals surface area contributed by atoms with Gasteiger partial charge in [0.2, 0.25) is 22.7 Å². The average molecular weight is 534 g/mol. The van der Waals surface area contributed by atoms with Crippen molar-refractivity contribution in [3.8, 4) is 17.2 Å². The number of sulfonamides is 1. The molecular formula is C26H35N3O7S. The molecule has 2 aromatic carbocycles. The molecule has 2 N–H and O–H groups in total.